The largest absolute Gasteiger partial charge is 0.445 e. The maximum absolute atomic E-state index is 12.0. The first-order chi connectivity index (χ1) is 10.3. The molecule has 1 amide bonds. The van der Waals surface area contributed by atoms with Crippen LogP contribution in [-0.2, 0) is 4.74 Å². The van der Waals surface area contributed by atoms with Crippen molar-refractivity contribution in [3.05, 3.63) is 48.0 Å². The van der Waals surface area contributed by atoms with Gasteiger partial charge in [-0.15, -0.1) is 0 Å². The van der Waals surface area contributed by atoms with Gasteiger partial charge in [0, 0.05) is 5.56 Å². The number of fused-ring (bicyclic) bond motifs is 1. The van der Waals surface area contributed by atoms with Gasteiger partial charge < -0.3 is 10.1 Å². The fourth-order valence-corrected chi connectivity index (χ4v) is 1.98. The summed E-state index contributed by atoms with van der Waals surface area (Å²) in [5.74, 6) is -0.239. The quantitative estimate of drug-likeness (QED) is 0.659. The minimum absolute atomic E-state index is 0.197. The number of nitrogens with one attached hydrogen (secondary N) is 1. The van der Waals surface area contributed by atoms with Gasteiger partial charge in [0.25, 0.3) is 0 Å². The van der Waals surface area contributed by atoms with Crippen LogP contribution in [-0.4, -0.2) is 28.8 Å². The summed E-state index contributed by atoms with van der Waals surface area (Å²) < 4.78 is 2.98. The van der Waals surface area contributed by atoms with Gasteiger partial charge in [-0.25, -0.2) is 4.79 Å². The summed E-state index contributed by atoms with van der Waals surface area (Å²) in [6.45, 7) is -0.593. The molecule has 0 unspecified atom stereocenters. The standard InChI is InChI=1S/C15H12Cl3NO3/c16-15(17,18)9-22-14(21)19-8-13(20)12-6-5-10-3-1-2-4-11(10)7-12/h1-7H,8-9H2,(H,19,21). The first-order valence-electron chi connectivity index (χ1n) is 6.34. The van der Waals surface area contributed by atoms with Gasteiger partial charge in [-0.3, -0.25) is 4.79 Å². The predicted molar refractivity (Wildman–Crippen MR) is 87.9 cm³/mol. The Labute approximate surface area is 142 Å². The van der Waals surface area contributed by atoms with Gasteiger partial charge >= 0.3 is 6.09 Å². The number of hydrogen-bond donors (Lipinski definition) is 1. The summed E-state index contributed by atoms with van der Waals surface area (Å²) in [4.78, 5) is 23.4. The second-order valence-electron chi connectivity index (χ2n) is 4.53. The molecular formula is C15H12Cl3NO3. The third kappa shape index (κ3) is 5.05. The zero-order valence-electron chi connectivity index (χ0n) is 11.3. The second kappa shape index (κ2) is 7.18. The van der Waals surface area contributed by atoms with Gasteiger partial charge in [-0.2, -0.15) is 0 Å². The number of Topliss-reactive ketones (excluding diaryl/α,β-unsaturated/α-hetero) is 1. The molecule has 2 aromatic rings. The van der Waals surface area contributed by atoms with Crippen molar-refractivity contribution in [2.24, 2.45) is 0 Å². The third-order valence-corrected chi connectivity index (χ3v) is 3.16. The van der Waals surface area contributed by atoms with Crippen LogP contribution in [0.3, 0.4) is 0 Å². The van der Waals surface area contributed by atoms with Crippen LogP contribution in [0.1, 0.15) is 10.4 Å². The number of benzene rings is 2. The van der Waals surface area contributed by atoms with E-state index < -0.39 is 16.5 Å². The monoisotopic (exact) mass is 359 g/mol. The summed E-state index contributed by atoms with van der Waals surface area (Å²) in [7, 11) is 0. The first-order valence-corrected chi connectivity index (χ1v) is 7.48. The van der Waals surface area contributed by atoms with E-state index >= 15 is 0 Å². The molecule has 116 valence electrons. The molecule has 2 rings (SSSR count). The molecule has 4 nitrogen and oxygen atoms in total. The summed E-state index contributed by atoms with van der Waals surface area (Å²) in [5.41, 5.74) is 0.500. The summed E-state index contributed by atoms with van der Waals surface area (Å²) >= 11 is 16.4. The summed E-state index contributed by atoms with van der Waals surface area (Å²) in [6.07, 6.45) is -0.819. The van der Waals surface area contributed by atoms with Gasteiger partial charge in [-0.05, 0) is 16.8 Å². The van der Waals surface area contributed by atoms with Crippen LogP contribution in [0.15, 0.2) is 42.5 Å². The van der Waals surface area contributed by atoms with Gasteiger partial charge in [0.05, 0.1) is 6.54 Å². The molecule has 2 aromatic carbocycles. The van der Waals surface area contributed by atoms with Crippen LogP contribution in [0, 0.1) is 0 Å². The summed E-state index contributed by atoms with van der Waals surface area (Å²) in [5, 5.41) is 4.30. The number of halogens is 3. The molecule has 0 fully saturated rings. The number of ether oxygens (including phenoxy) is 1. The number of rotatable bonds is 4. The average molecular weight is 361 g/mol. The molecular weight excluding hydrogens is 349 g/mol. The molecule has 0 atom stereocenters. The molecule has 0 aliphatic rings. The van der Waals surface area contributed by atoms with Gasteiger partial charge in [0.2, 0.25) is 3.79 Å². The molecule has 7 heteroatoms. The molecule has 0 radical (unpaired) electrons. The SMILES string of the molecule is O=C(NCC(=O)c1ccc2ccccc2c1)OCC(Cl)(Cl)Cl. The van der Waals surface area contributed by atoms with Crippen LogP contribution < -0.4 is 5.32 Å². The highest BCUT2D eigenvalue weighted by molar-refractivity contribution is 6.67. The van der Waals surface area contributed by atoms with E-state index in [1.165, 1.54) is 0 Å². The maximum Gasteiger partial charge on any atom is 0.407 e. The molecule has 0 spiro atoms. The van der Waals surface area contributed by atoms with E-state index in [9.17, 15) is 9.59 Å². The van der Waals surface area contributed by atoms with Crippen LogP contribution in [0.4, 0.5) is 4.79 Å². The number of alkyl carbamates (subject to hydrolysis) is 1. The minimum Gasteiger partial charge on any atom is -0.445 e. The minimum atomic E-state index is -1.68. The highest BCUT2D eigenvalue weighted by Crippen LogP contribution is 2.25. The topological polar surface area (TPSA) is 55.4 Å². The Morgan fingerprint density at radius 3 is 2.41 bits per heavy atom. The lowest BCUT2D eigenvalue weighted by Gasteiger charge is -2.11. The van der Waals surface area contributed by atoms with Crippen molar-refractivity contribution in [2.75, 3.05) is 13.2 Å². The van der Waals surface area contributed by atoms with E-state index in [0.717, 1.165) is 10.8 Å². The average Bonchev–Trinajstić information content (AvgIpc) is 2.49. The normalized spacial score (nSPS) is 11.2. The zero-order chi connectivity index (χ0) is 16.2. The van der Waals surface area contributed by atoms with Crippen molar-refractivity contribution in [1.29, 1.82) is 0 Å². The number of ketones is 1. The van der Waals surface area contributed by atoms with E-state index in [1.807, 2.05) is 30.3 Å². The molecule has 0 aliphatic heterocycles. The van der Waals surface area contributed by atoms with Crippen LogP contribution in [0.5, 0.6) is 0 Å². The molecule has 0 heterocycles. The Bertz CT molecular complexity index is 698. The Morgan fingerprint density at radius 2 is 1.73 bits per heavy atom. The van der Waals surface area contributed by atoms with Crippen LogP contribution >= 0.6 is 34.8 Å². The Hall–Kier alpha value is -1.49. The van der Waals surface area contributed by atoms with Crippen molar-refractivity contribution in [3.63, 3.8) is 0 Å². The number of carbonyl (C=O) groups is 2. The molecule has 0 saturated carbocycles. The highest BCUT2D eigenvalue weighted by atomic mass is 35.6. The van der Waals surface area contributed by atoms with Crippen LogP contribution in [0.2, 0.25) is 0 Å². The second-order valence-corrected chi connectivity index (χ2v) is 7.05. The van der Waals surface area contributed by atoms with E-state index in [2.05, 4.69) is 10.1 Å². The Balaban J connectivity index is 1.92. The molecule has 22 heavy (non-hydrogen) atoms. The maximum atomic E-state index is 12.0. The van der Waals surface area contributed by atoms with Crippen molar-refractivity contribution >= 4 is 57.5 Å². The number of carbonyl (C=O) groups excluding carboxylic acids is 2. The fourth-order valence-electron chi connectivity index (χ4n) is 1.82. The lowest BCUT2D eigenvalue weighted by molar-refractivity contribution is 0.0978. The summed E-state index contributed by atoms with van der Waals surface area (Å²) in [6, 6.07) is 13.0. The molecule has 0 aliphatic carbocycles. The number of amides is 1. The first kappa shape index (κ1) is 16.9. The van der Waals surface area contributed by atoms with Crippen molar-refractivity contribution in [2.45, 2.75) is 3.79 Å². The Kier molecular flexibility index (Phi) is 5.51. The molecule has 0 bridgehead atoms. The predicted octanol–water partition coefficient (Wildman–Crippen LogP) is 4.12. The highest BCUT2D eigenvalue weighted by Gasteiger charge is 2.22. The zero-order valence-corrected chi connectivity index (χ0v) is 13.6. The molecule has 0 aromatic heterocycles. The lowest BCUT2D eigenvalue weighted by atomic mass is 10.0. The van der Waals surface area contributed by atoms with Gasteiger partial charge in [0.15, 0.2) is 5.78 Å². The molecule has 1 N–H and O–H groups in total. The van der Waals surface area contributed by atoms with E-state index in [4.69, 9.17) is 34.8 Å². The smallest absolute Gasteiger partial charge is 0.407 e. The van der Waals surface area contributed by atoms with E-state index in [-0.39, 0.29) is 12.3 Å². The molecule has 0 saturated heterocycles. The van der Waals surface area contributed by atoms with Gasteiger partial charge in [-0.1, -0.05) is 71.2 Å². The third-order valence-electron chi connectivity index (χ3n) is 2.83. The lowest BCUT2D eigenvalue weighted by Crippen LogP contribution is -2.32. The van der Waals surface area contributed by atoms with Crippen molar-refractivity contribution < 1.29 is 14.3 Å². The van der Waals surface area contributed by atoms with Crippen molar-refractivity contribution in [3.8, 4) is 0 Å². The van der Waals surface area contributed by atoms with E-state index in [1.54, 1.807) is 12.1 Å². The fraction of sp³-hybridized carbons (Fsp3) is 0.200. The van der Waals surface area contributed by atoms with Crippen molar-refractivity contribution in [1.82, 2.24) is 5.32 Å². The van der Waals surface area contributed by atoms with Gasteiger partial charge in [0.1, 0.15) is 6.61 Å². The number of alkyl halides is 3. The number of hydrogen-bond acceptors (Lipinski definition) is 3. The van der Waals surface area contributed by atoms with E-state index in [0.29, 0.717) is 5.56 Å². The van der Waals surface area contributed by atoms with Crippen LogP contribution in [0.25, 0.3) is 10.8 Å². The Morgan fingerprint density at radius 1 is 1.05 bits per heavy atom.